The smallest absolute Gasteiger partial charge is 0.0649 e. The minimum atomic E-state index is 0.297. The number of rotatable bonds is 2. The van der Waals surface area contributed by atoms with Gasteiger partial charge in [0.2, 0.25) is 0 Å². The van der Waals surface area contributed by atoms with E-state index in [9.17, 15) is 0 Å². The molecule has 3 rings (SSSR count). The van der Waals surface area contributed by atoms with Gasteiger partial charge in [0, 0.05) is 0 Å². The SMILES string of the molecule is Cc1cc(C)c(C(Br)c2ccc3c(c2)CCCC3)c(C)c1. The maximum Gasteiger partial charge on any atom is 0.0649 e. The van der Waals surface area contributed by atoms with Crippen LogP contribution in [0.1, 0.15) is 56.6 Å². The standard InChI is InChI=1S/C20H23Br/c1-13-10-14(2)19(15(3)11-13)20(21)18-9-8-16-6-4-5-7-17(16)12-18/h8-12,20H,4-7H2,1-3H3. The van der Waals surface area contributed by atoms with Gasteiger partial charge in [-0.2, -0.15) is 0 Å². The van der Waals surface area contributed by atoms with Gasteiger partial charge < -0.3 is 0 Å². The normalized spacial score (nSPS) is 15.6. The van der Waals surface area contributed by atoms with E-state index in [1.165, 1.54) is 53.5 Å². The first kappa shape index (κ1) is 14.8. The van der Waals surface area contributed by atoms with Gasteiger partial charge in [0.05, 0.1) is 4.83 Å². The average Bonchev–Trinajstić information content (AvgIpc) is 2.45. The van der Waals surface area contributed by atoms with Gasteiger partial charge in [0.15, 0.2) is 0 Å². The predicted octanol–water partition coefficient (Wildman–Crippen LogP) is 5.97. The van der Waals surface area contributed by atoms with Crippen molar-refractivity contribution in [2.24, 2.45) is 0 Å². The van der Waals surface area contributed by atoms with Crippen LogP contribution in [0.25, 0.3) is 0 Å². The van der Waals surface area contributed by atoms with E-state index in [1.807, 2.05) is 0 Å². The number of hydrogen-bond donors (Lipinski definition) is 0. The van der Waals surface area contributed by atoms with Crippen LogP contribution in [-0.2, 0) is 12.8 Å². The van der Waals surface area contributed by atoms with Crippen LogP contribution >= 0.6 is 15.9 Å². The van der Waals surface area contributed by atoms with Crippen molar-refractivity contribution in [1.82, 2.24) is 0 Å². The largest absolute Gasteiger partial charge is 0.0786 e. The van der Waals surface area contributed by atoms with Crippen LogP contribution in [-0.4, -0.2) is 0 Å². The van der Waals surface area contributed by atoms with Crippen molar-refractivity contribution in [2.75, 3.05) is 0 Å². The molecule has 0 aliphatic heterocycles. The quantitative estimate of drug-likeness (QED) is 0.589. The zero-order chi connectivity index (χ0) is 15.0. The van der Waals surface area contributed by atoms with Crippen molar-refractivity contribution in [3.8, 4) is 0 Å². The third kappa shape index (κ3) is 2.94. The molecular weight excluding hydrogens is 320 g/mol. The molecule has 0 radical (unpaired) electrons. The summed E-state index contributed by atoms with van der Waals surface area (Å²) < 4.78 is 0. The van der Waals surface area contributed by atoms with Crippen molar-refractivity contribution in [1.29, 1.82) is 0 Å². The first-order valence-electron chi connectivity index (χ1n) is 7.90. The molecule has 0 amide bonds. The molecule has 0 spiro atoms. The second-order valence-corrected chi connectivity index (χ2v) is 7.33. The molecule has 0 aromatic heterocycles. The van der Waals surface area contributed by atoms with Crippen molar-refractivity contribution < 1.29 is 0 Å². The molecule has 2 aromatic rings. The Hall–Kier alpha value is -1.08. The maximum atomic E-state index is 3.95. The van der Waals surface area contributed by atoms with Gasteiger partial charge in [-0.15, -0.1) is 0 Å². The van der Waals surface area contributed by atoms with E-state index in [2.05, 4.69) is 67.0 Å². The number of alkyl halides is 1. The lowest BCUT2D eigenvalue weighted by Crippen LogP contribution is -2.05. The van der Waals surface area contributed by atoms with Crippen LogP contribution < -0.4 is 0 Å². The molecule has 1 aliphatic rings. The van der Waals surface area contributed by atoms with Crippen molar-refractivity contribution in [3.63, 3.8) is 0 Å². The zero-order valence-corrected chi connectivity index (χ0v) is 14.8. The van der Waals surface area contributed by atoms with Crippen molar-refractivity contribution in [3.05, 3.63) is 69.3 Å². The molecule has 1 atom stereocenters. The van der Waals surface area contributed by atoms with Crippen LogP contribution in [0.5, 0.6) is 0 Å². The Balaban J connectivity index is 2.01. The maximum absolute atomic E-state index is 3.95. The van der Waals surface area contributed by atoms with Gasteiger partial charge in [-0.3, -0.25) is 0 Å². The number of benzene rings is 2. The molecule has 0 saturated carbocycles. The van der Waals surface area contributed by atoms with Gasteiger partial charge in [-0.25, -0.2) is 0 Å². The molecule has 0 bridgehead atoms. The molecule has 1 unspecified atom stereocenters. The second kappa shape index (κ2) is 5.96. The number of halogens is 1. The Morgan fingerprint density at radius 2 is 1.48 bits per heavy atom. The number of hydrogen-bond acceptors (Lipinski definition) is 0. The average molecular weight is 343 g/mol. The van der Waals surface area contributed by atoms with Crippen LogP contribution in [0.2, 0.25) is 0 Å². The Labute approximate surface area is 136 Å². The van der Waals surface area contributed by atoms with Gasteiger partial charge in [-0.05, 0) is 79.8 Å². The first-order chi connectivity index (χ1) is 10.1. The summed E-state index contributed by atoms with van der Waals surface area (Å²) in [6.45, 7) is 6.62. The zero-order valence-electron chi connectivity index (χ0n) is 13.2. The van der Waals surface area contributed by atoms with E-state index in [4.69, 9.17) is 0 Å². The lowest BCUT2D eigenvalue weighted by atomic mass is 9.88. The van der Waals surface area contributed by atoms with Crippen molar-refractivity contribution in [2.45, 2.75) is 51.3 Å². The Morgan fingerprint density at radius 1 is 0.857 bits per heavy atom. The first-order valence-corrected chi connectivity index (χ1v) is 8.81. The van der Waals surface area contributed by atoms with Gasteiger partial charge in [0.1, 0.15) is 0 Å². The minimum Gasteiger partial charge on any atom is -0.0786 e. The molecule has 0 heterocycles. The summed E-state index contributed by atoms with van der Waals surface area (Å²) in [5.41, 5.74) is 10.0. The second-order valence-electron chi connectivity index (χ2n) is 6.41. The van der Waals surface area contributed by atoms with E-state index in [1.54, 1.807) is 11.1 Å². The van der Waals surface area contributed by atoms with Crippen LogP contribution in [0, 0.1) is 20.8 Å². The van der Waals surface area contributed by atoms with Gasteiger partial charge >= 0.3 is 0 Å². The summed E-state index contributed by atoms with van der Waals surface area (Å²) >= 11 is 3.95. The van der Waals surface area contributed by atoms with E-state index >= 15 is 0 Å². The summed E-state index contributed by atoms with van der Waals surface area (Å²) in [7, 11) is 0. The summed E-state index contributed by atoms with van der Waals surface area (Å²) in [5, 5.41) is 0. The highest BCUT2D eigenvalue weighted by Crippen LogP contribution is 2.37. The monoisotopic (exact) mass is 342 g/mol. The summed E-state index contributed by atoms with van der Waals surface area (Å²) in [6.07, 6.45) is 5.19. The molecule has 0 nitrogen and oxygen atoms in total. The van der Waals surface area contributed by atoms with E-state index < -0.39 is 0 Å². The molecule has 0 saturated heterocycles. The summed E-state index contributed by atoms with van der Waals surface area (Å²) in [6, 6.07) is 11.6. The lowest BCUT2D eigenvalue weighted by molar-refractivity contribution is 0.684. The van der Waals surface area contributed by atoms with Gasteiger partial charge in [-0.1, -0.05) is 51.8 Å². The fraction of sp³-hybridized carbons (Fsp3) is 0.400. The Kier molecular flexibility index (Phi) is 4.21. The topological polar surface area (TPSA) is 0 Å². The fourth-order valence-electron chi connectivity index (χ4n) is 3.67. The highest BCUT2D eigenvalue weighted by atomic mass is 79.9. The Bertz CT molecular complexity index is 647. The number of fused-ring (bicyclic) bond motifs is 1. The number of aryl methyl sites for hydroxylation is 5. The molecule has 1 aliphatic carbocycles. The van der Waals surface area contributed by atoms with Crippen molar-refractivity contribution >= 4 is 15.9 Å². The summed E-state index contributed by atoms with van der Waals surface area (Å²) in [4.78, 5) is 0.297. The third-order valence-electron chi connectivity index (χ3n) is 4.66. The molecular formula is C20H23Br. The predicted molar refractivity (Wildman–Crippen MR) is 94.5 cm³/mol. The third-order valence-corrected chi connectivity index (χ3v) is 5.64. The fourth-order valence-corrected chi connectivity index (χ4v) is 4.68. The van der Waals surface area contributed by atoms with Crippen LogP contribution in [0.4, 0.5) is 0 Å². The van der Waals surface area contributed by atoms with E-state index in [0.717, 1.165) is 0 Å². The van der Waals surface area contributed by atoms with Gasteiger partial charge in [0.25, 0.3) is 0 Å². The Morgan fingerprint density at radius 3 is 2.14 bits per heavy atom. The minimum absolute atomic E-state index is 0.297. The van der Waals surface area contributed by atoms with E-state index in [-0.39, 0.29) is 0 Å². The molecule has 0 fully saturated rings. The highest BCUT2D eigenvalue weighted by molar-refractivity contribution is 9.09. The molecule has 0 N–H and O–H groups in total. The molecule has 110 valence electrons. The molecule has 1 heteroatoms. The lowest BCUT2D eigenvalue weighted by Gasteiger charge is -2.21. The molecule has 2 aromatic carbocycles. The van der Waals surface area contributed by atoms with Crippen LogP contribution in [0.3, 0.4) is 0 Å². The molecule has 21 heavy (non-hydrogen) atoms. The van der Waals surface area contributed by atoms with Crippen LogP contribution in [0.15, 0.2) is 30.3 Å². The highest BCUT2D eigenvalue weighted by Gasteiger charge is 2.18. The van der Waals surface area contributed by atoms with E-state index in [0.29, 0.717) is 4.83 Å². The summed E-state index contributed by atoms with van der Waals surface area (Å²) in [5.74, 6) is 0.